The van der Waals surface area contributed by atoms with E-state index in [1.165, 1.54) is 11.1 Å². The Labute approximate surface area is 518 Å². The highest BCUT2D eigenvalue weighted by atomic mass is 35.5. The van der Waals surface area contributed by atoms with Gasteiger partial charge in [0.1, 0.15) is 78.5 Å². The Balaban J connectivity index is 1.40. The molecule has 1 aliphatic rings. The number of anilines is 10. The molecular formula is C66H61B11Cl2N4. The van der Waals surface area contributed by atoms with Gasteiger partial charge < -0.3 is 19.4 Å². The summed E-state index contributed by atoms with van der Waals surface area (Å²) < 4.78 is 0. The lowest BCUT2D eigenvalue weighted by atomic mass is 9.56. The van der Waals surface area contributed by atoms with Crippen molar-refractivity contribution in [1.82, 2.24) is 0 Å². The highest BCUT2D eigenvalue weighted by Gasteiger charge is 2.47. The molecule has 8 aromatic rings. The Kier molecular flexibility index (Phi) is 16.6. The van der Waals surface area contributed by atoms with Crippen molar-refractivity contribution in [2.75, 3.05) is 19.4 Å². The first-order valence-electron chi connectivity index (χ1n) is 27.8. The van der Waals surface area contributed by atoms with Gasteiger partial charge in [-0.15, -0.1) is 32.8 Å². The number of hydrogen-bond donors (Lipinski definition) is 0. The van der Waals surface area contributed by atoms with Crippen molar-refractivity contribution in [3.63, 3.8) is 0 Å². The van der Waals surface area contributed by atoms with E-state index in [-0.39, 0.29) is 76.3 Å². The SMILES string of the molecule is [B]c1c([B])c([B])c(N2B(c3c(C)cc(C(C)(C)C)cc3C)N(c3c([B])c([B])c([B])c([B])c3[B])c3cc(N(c4ccc(C(C)(C)C)cc4)c4cc(Cl)cc(N(c5ccc(C(C)(C)C)cc5)c5ccc(C(C)(C)C)cc5)c4Cl)ccc32)c([B])c1[B]. The smallest absolute Gasteiger partial charge is 0.361 e. The first kappa shape index (κ1) is 61.8. The molecule has 0 aromatic heterocycles. The monoisotopic (exact) mass is 1100 g/mol. The third-order valence-corrected chi connectivity index (χ3v) is 16.8. The van der Waals surface area contributed by atoms with E-state index in [0.717, 1.165) is 44.8 Å². The molecule has 1 heterocycles. The molecule has 0 fully saturated rings. The van der Waals surface area contributed by atoms with Gasteiger partial charge in [0.05, 0.1) is 27.8 Å². The van der Waals surface area contributed by atoms with Crippen LogP contribution in [0.25, 0.3) is 0 Å². The molecule has 0 bridgehead atoms. The molecule has 0 saturated heterocycles. The Morgan fingerprint density at radius 3 is 0.964 bits per heavy atom. The fourth-order valence-electron chi connectivity index (χ4n) is 11.2. The zero-order valence-electron chi connectivity index (χ0n) is 50.4. The summed E-state index contributed by atoms with van der Waals surface area (Å²) in [6.45, 7) is 29.6. The molecule has 1 aliphatic heterocycles. The van der Waals surface area contributed by atoms with Gasteiger partial charge in [-0.25, -0.2) is 0 Å². The molecule has 8 aromatic carbocycles. The third kappa shape index (κ3) is 11.3. The van der Waals surface area contributed by atoms with Crippen molar-refractivity contribution in [3.8, 4) is 0 Å². The highest BCUT2D eigenvalue weighted by Crippen LogP contribution is 2.52. The first-order valence-corrected chi connectivity index (χ1v) is 28.6. The van der Waals surface area contributed by atoms with Gasteiger partial charge in [-0.3, -0.25) is 0 Å². The van der Waals surface area contributed by atoms with Gasteiger partial charge in [-0.1, -0.05) is 188 Å². The molecule has 0 atom stereocenters. The maximum absolute atomic E-state index is 8.08. The van der Waals surface area contributed by atoms with Crippen LogP contribution in [0.4, 0.5) is 56.9 Å². The van der Waals surface area contributed by atoms with E-state index >= 15 is 0 Å². The molecule has 392 valence electrons. The van der Waals surface area contributed by atoms with Crippen molar-refractivity contribution in [2.45, 2.75) is 119 Å². The fraction of sp³-hybridized carbons (Fsp3) is 0.273. The van der Waals surface area contributed by atoms with Crippen LogP contribution >= 0.6 is 23.2 Å². The molecule has 0 spiro atoms. The summed E-state index contributed by atoms with van der Waals surface area (Å²) in [6.07, 6.45) is 0. The second-order valence-electron chi connectivity index (χ2n) is 26.2. The summed E-state index contributed by atoms with van der Waals surface area (Å²) in [7, 11) is 69.0. The summed E-state index contributed by atoms with van der Waals surface area (Å²) in [6, 6.07) is 39.8. The van der Waals surface area contributed by atoms with E-state index in [4.69, 9.17) is 102 Å². The van der Waals surface area contributed by atoms with Crippen molar-refractivity contribution in [1.29, 1.82) is 0 Å². The zero-order chi connectivity index (χ0) is 61.1. The van der Waals surface area contributed by atoms with Crippen LogP contribution < -0.4 is 79.5 Å². The van der Waals surface area contributed by atoms with Crippen molar-refractivity contribution in [3.05, 3.63) is 159 Å². The van der Waals surface area contributed by atoms with E-state index in [0.29, 0.717) is 49.9 Å². The number of fused-ring (bicyclic) bond motifs is 1. The third-order valence-electron chi connectivity index (χ3n) is 16.2. The van der Waals surface area contributed by atoms with Crippen LogP contribution in [0.2, 0.25) is 10.0 Å². The van der Waals surface area contributed by atoms with Crippen LogP contribution in [-0.2, 0) is 21.7 Å². The van der Waals surface area contributed by atoms with E-state index in [9.17, 15) is 0 Å². The summed E-state index contributed by atoms with van der Waals surface area (Å²) >= 11 is 15.5. The number of benzene rings is 8. The summed E-state index contributed by atoms with van der Waals surface area (Å²) in [5.41, 5.74) is 13.9. The minimum absolute atomic E-state index is 0.0559. The number of halogens is 2. The number of rotatable bonds is 9. The molecule has 20 radical (unpaired) electrons. The van der Waals surface area contributed by atoms with Crippen molar-refractivity contribution < 1.29 is 0 Å². The van der Waals surface area contributed by atoms with E-state index in [2.05, 4.69) is 192 Å². The Bertz CT molecular complexity index is 3720. The van der Waals surface area contributed by atoms with Crippen LogP contribution in [0, 0.1) is 13.8 Å². The molecule has 9 rings (SSSR count). The highest BCUT2D eigenvalue weighted by molar-refractivity contribution is 6.87. The van der Waals surface area contributed by atoms with E-state index in [1.807, 2.05) is 40.0 Å². The van der Waals surface area contributed by atoms with Gasteiger partial charge in [0.25, 0.3) is 0 Å². The second-order valence-corrected chi connectivity index (χ2v) is 27.0. The normalized spacial score (nSPS) is 13.0. The average Bonchev–Trinajstić information content (AvgIpc) is 1.70. The van der Waals surface area contributed by atoms with Gasteiger partial charge in [-0.05, 0) is 130 Å². The maximum atomic E-state index is 8.08. The number of hydrogen-bond acceptors (Lipinski definition) is 4. The minimum atomic E-state index is -0.878. The summed E-state index contributed by atoms with van der Waals surface area (Å²) in [5, 5.41) is 0.854. The number of nitrogens with zero attached hydrogens (tertiary/aromatic N) is 4. The van der Waals surface area contributed by atoms with Crippen LogP contribution in [0.1, 0.15) is 116 Å². The van der Waals surface area contributed by atoms with Crippen LogP contribution in [0.3, 0.4) is 0 Å². The van der Waals surface area contributed by atoms with Crippen molar-refractivity contribution >= 4 is 226 Å². The Morgan fingerprint density at radius 2 is 0.639 bits per heavy atom. The lowest BCUT2D eigenvalue weighted by Gasteiger charge is -2.38. The molecule has 0 amide bonds. The van der Waals surface area contributed by atoms with E-state index < -0.39 is 6.98 Å². The first-order chi connectivity index (χ1) is 38.5. The minimum Gasteiger partial charge on any atom is -0.361 e. The molecule has 83 heavy (non-hydrogen) atoms. The predicted octanol–water partition coefficient (Wildman–Crippen LogP) is 7.36. The van der Waals surface area contributed by atoms with E-state index in [1.54, 1.807) is 0 Å². The van der Waals surface area contributed by atoms with Crippen LogP contribution in [0.15, 0.2) is 115 Å². The summed E-state index contributed by atoms with van der Waals surface area (Å²) in [4.78, 5) is 8.27. The quantitative estimate of drug-likeness (QED) is 0.140. The molecular weight excluding hydrogens is 1040 g/mol. The maximum Gasteiger partial charge on any atom is 0.421 e. The average molecular weight is 1100 g/mol. The molecule has 4 nitrogen and oxygen atoms in total. The Morgan fingerprint density at radius 1 is 0.349 bits per heavy atom. The van der Waals surface area contributed by atoms with Crippen LogP contribution in [0.5, 0.6) is 0 Å². The van der Waals surface area contributed by atoms with Gasteiger partial charge >= 0.3 is 6.98 Å². The standard InChI is InChI=1S/C66H61B11Cl2N4/c1-34-29-39(66(12,13)14)30-35(2)59(34)77-82(61-55(73)51(69)49(67)52(70)56(61)74)45-28-27-44(33-46(45)83(77)62-57(75)53(71)50(68)54(72)58(62)76)81(43-25-19-38(20-26-43)65(9,10)11)48-32-40(78)31-47(60(48)79)80(41-21-15-36(16-22-41)63(3,4)5)42-23-17-37(18-24-42)64(6,7)8/h15-33H,1-14H3. The molecule has 0 aliphatic carbocycles. The Hall–Kier alpha value is -5.75. The van der Waals surface area contributed by atoms with Gasteiger partial charge in [0.2, 0.25) is 0 Å². The van der Waals surface area contributed by atoms with Crippen LogP contribution in [-0.4, -0.2) is 85.4 Å². The molecule has 17 heteroatoms. The number of aryl methyl sites for hydroxylation is 2. The van der Waals surface area contributed by atoms with Crippen molar-refractivity contribution in [2.24, 2.45) is 0 Å². The lowest BCUT2D eigenvalue weighted by molar-refractivity contribution is 0.589. The summed E-state index contributed by atoms with van der Waals surface area (Å²) in [5.74, 6) is 0. The van der Waals surface area contributed by atoms with Gasteiger partial charge in [-0.2, -0.15) is 0 Å². The van der Waals surface area contributed by atoms with Gasteiger partial charge in [0.15, 0.2) is 0 Å². The molecule has 0 unspecified atom stereocenters. The largest absolute Gasteiger partial charge is 0.421 e. The fourth-order valence-corrected chi connectivity index (χ4v) is 11.7. The van der Waals surface area contributed by atoms with Gasteiger partial charge in [0, 0.05) is 39.1 Å². The second kappa shape index (κ2) is 22.3. The molecule has 0 N–H and O–H groups in total. The topological polar surface area (TPSA) is 13.0 Å². The zero-order valence-corrected chi connectivity index (χ0v) is 51.9. The molecule has 0 saturated carbocycles. The predicted molar refractivity (Wildman–Crippen MR) is 373 cm³/mol. The lowest BCUT2D eigenvalue weighted by Crippen LogP contribution is -2.64.